The van der Waals surface area contributed by atoms with E-state index in [1.807, 2.05) is 19.1 Å². The smallest absolute Gasteiger partial charge is 0.329 e. The maximum atomic E-state index is 10.5. The summed E-state index contributed by atoms with van der Waals surface area (Å²) < 4.78 is 10.5. The number of hydrogen-bond acceptors (Lipinski definition) is 4. The van der Waals surface area contributed by atoms with Crippen LogP contribution < -0.4 is 4.74 Å². The maximum Gasteiger partial charge on any atom is 0.329 e. The number of benzene rings is 1. The minimum atomic E-state index is -0.914. The zero-order valence-electron chi connectivity index (χ0n) is 12.0. The number of ether oxygens (including phenoxy) is 2. The second kappa shape index (κ2) is 6.24. The summed E-state index contributed by atoms with van der Waals surface area (Å²) in [6.07, 6.45) is 0.971. The first-order chi connectivity index (χ1) is 9.50. The van der Waals surface area contributed by atoms with Crippen molar-refractivity contribution in [1.29, 1.82) is 0 Å². The molecule has 1 aliphatic rings. The van der Waals surface area contributed by atoms with Crippen LogP contribution in [0.4, 0.5) is 0 Å². The Kier molecular flexibility index (Phi) is 4.62. The average molecular weight is 279 g/mol. The summed E-state index contributed by atoms with van der Waals surface area (Å²) >= 11 is 0. The van der Waals surface area contributed by atoms with Gasteiger partial charge in [-0.3, -0.25) is 4.90 Å². The number of hydrogen-bond donors (Lipinski definition) is 1. The van der Waals surface area contributed by atoms with Crippen molar-refractivity contribution < 1.29 is 19.4 Å². The van der Waals surface area contributed by atoms with Crippen molar-refractivity contribution in [3.8, 4) is 5.75 Å². The largest absolute Gasteiger partial charge is 0.497 e. The molecule has 1 fully saturated rings. The van der Waals surface area contributed by atoms with Gasteiger partial charge >= 0.3 is 5.97 Å². The van der Waals surface area contributed by atoms with E-state index in [2.05, 4.69) is 17.0 Å². The van der Waals surface area contributed by atoms with Crippen molar-refractivity contribution in [3.05, 3.63) is 29.8 Å². The second-order valence-electron chi connectivity index (χ2n) is 5.44. The molecule has 5 nitrogen and oxygen atoms in total. The van der Waals surface area contributed by atoms with E-state index in [4.69, 9.17) is 14.6 Å². The van der Waals surface area contributed by atoms with Gasteiger partial charge in [-0.1, -0.05) is 12.1 Å². The molecule has 2 rings (SSSR count). The van der Waals surface area contributed by atoms with Gasteiger partial charge in [0.2, 0.25) is 0 Å². The van der Waals surface area contributed by atoms with E-state index in [1.165, 1.54) is 5.56 Å². The standard InChI is InChI=1S/C15H21NO4/c1-15(20-9-14(17)18)10-16(11-15)8-7-12-3-5-13(19-2)6-4-12/h3-6H,7-11H2,1-2H3,(H,17,18). The van der Waals surface area contributed by atoms with Crippen molar-refractivity contribution in [2.24, 2.45) is 0 Å². The normalized spacial score (nSPS) is 17.5. The molecule has 0 aromatic heterocycles. The third kappa shape index (κ3) is 3.95. The summed E-state index contributed by atoms with van der Waals surface area (Å²) in [4.78, 5) is 12.8. The molecule has 0 amide bonds. The van der Waals surface area contributed by atoms with Gasteiger partial charge in [0.25, 0.3) is 0 Å². The average Bonchev–Trinajstić information content (AvgIpc) is 2.41. The molecule has 110 valence electrons. The molecule has 0 radical (unpaired) electrons. The number of carboxylic acid groups (broad SMARTS) is 1. The molecule has 1 aromatic rings. The van der Waals surface area contributed by atoms with Crippen LogP contribution in [-0.2, 0) is 16.0 Å². The highest BCUT2D eigenvalue weighted by Crippen LogP contribution is 2.24. The van der Waals surface area contributed by atoms with Crippen LogP contribution in [0, 0.1) is 0 Å². The highest BCUT2D eigenvalue weighted by atomic mass is 16.5. The second-order valence-corrected chi connectivity index (χ2v) is 5.44. The minimum Gasteiger partial charge on any atom is -0.497 e. The van der Waals surface area contributed by atoms with Crippen LogP contribution in [0.5, 0.6) is 5.75 Å². The molecule has 1 aliphatic heterocycles. The number of rotatable bonds is 7. The van der Waals surface area contributed by atoms with Crippen molar-refractivity contribution >= 4 is 5.97 Å². The summed E-state index contributed by atoms with van der Waals surface area (Å²) in [5.41, 5.74) is 0.962. The number of nitrogens with zero attached hydrogens (tertiary/aromatic N) is 1. The quantitative estimate of drug-likeness (QED) is 0.818. The summed E-state index contributed by atoms with van der Waals surface area (Å²) in [6, 6.07) is 8.06. The Morgan fingerprint density at radius 1 is 1.35 bits per heavy atom. The van der Waals surface area contributed by atoms with Crippen molar-refractivity contribution in [2.45, 2.75) is 18.9 Å². The van der Waals surface area contributed by atoms with Gasteiger partial charge in [0.15, 0.2) is 0 Å². The highest BCUT2D eigenvalue weighted by molar-refractivity contribution is 5.68. The molecule has 0 aliphatic carbocycles. The van der Waals surface area contributed by atoms with Crippen LogP contribution in [0.25, 0.3) is 0 Å². The van der Waals surface area contributed by atoms with Gasteiger partial charge in [0.1, 0.15) is 12.4 Å². The van der Waals surface area contributed by atoms with Crippen LogP contribution in [0.3, 0.4) is 0 Å². The molecule has 0 saturated carbocycles. The molecule has 1 N–H and O–H groups in total. The number of carboxylic acids is 1. The van der Waals surface area contributed by atoms with Gasteiger partial charge in [-0.2, -0.15) is 0 Å². The summed E-state index contributed by atoms with van der Waals surface area (Å²) in [7, 11) is 1.66. The first-order valence-electron chi connectivity index (χ1n) is 6.72. The van der Waals surface area contributed by atoms with Crippen molar-refractivity contribution in [3.63, 3.8) is 0 Å². The zero-order chi connectivity index (χ0) is 14.6. The van der Waals surface area contributed by atoms with Crippen LogP contribution >= 0.6 is 0 Å². The van der Waals surface area contributed by atoms with Gasteiger partial charge in [0, 0.05) is 19.6 Å². The highest BCUT2D eigenvalue weighted by Gasteiger charge is 2.39. The number of aliphatic carboxylic acids is 1. The van der Waals surface area contributed by atoms with Gasteiger partial charge in [-0.15, -0.1) is 0 Å². The van der Waals surface area contributed by atoms with Crippen LogP contribution in [0.1, 0.15) is 12.5 Å². The molecule has 0 unspecified atom stereocenters. The van der Waals surface area contributed by atoms with E-state index >= 15 is 0 Å². The lowest BCUT2D eigenvalue weighted by molar-refractivity contribution is -0.164. The topological polar surface area (TPSA) is 59.0 Å². The van der Waals surface area contributed by atoms with Gasteiger partial charge in [0.05, 0.1) is 12.7 Å². The molecule has 5 heteroatoms. The monoisotopic (exact) mass is 279 g/mol. The van der Waals surface area contributed by atoms with E-state index in [9.17, 15) is 4.79 Å². The van der Waals surface area contributed by atoms with E-state index in [-0.39, 0.29) is 12.2 Å². The Balaban J connectivity index is 1.70. The molecular formula is C15H21NO4. The van der Waals surface area contributed by atoms with Crippen LogP contribution in [-0.4, -0.2) is 54.9 Å². The van der Waals surface area contributed by atoms with Crippen molar-refractivity contribution in [2.75, 3.05) is 33.4 Å². The Hall–Kier alpha value is -1.59. The third-order valence-electron chi connectivity index (χ3n) is 3.54. The molecule has 20 heavy (non-hydrogen) atoms. The lowest BCUT2D eigenvalue weighted by atomic mass is 9.95. The molecule has 0 spiro atoms. The molecule has 1 heterocycles. The molecular weight excluding hydrogens is 258 g/mol. The van der Waals surface area contributed by atoms with E-state index in [1.54, 1.807) is 7.11 Å². The van der Waals surface area contributed by atoms with E-state index in [0.29, 0.717) is 0 Å². The van der Waals surface area contributed by atoms with Gasteiger partial charge in [-0.05, 0) is 31.0 Å². The molecule has 0 atom stereocenters. The fourth-order valence-corrected chi connectivity index (χ4v) is 2.46. The number of carbonyl (C=O) groups is 1. The SMILES string of the molecule is COc1ccc(CCN2CC(C)(OCC(=O)O)C2)cc1. The van der Waals surface area contributed by atoms with Crippen molar-refractivity contribution in [1.82, 2.24) is 4.90 Å². The first-order valence-corrected chi connectivity index (χ1v) is 6.72. The Morgan fingerprint density at radius 2 is 2.00 bits per heavy atom. The van der Waals surface area contributed by atoms with Crippen LogP contribution in [0.15, 0.2) is 24.3 Å². The molecule has 1 aromatic carbocycles. The lowest BCUT2D eigenvalue weighted by Crippen LogP contribution is -2.62. The van der Waals surface area contributed by atoms with E-state index < -0.39 is 5.97 Å². The summed E-state index contributed by atoms with van der Waals surface area (Å²) in [5.74, 6) is -0.0461. The Bertz CT molecular complexity index is 451. The fraction of sp³-hybridized carbons (Fsp3) is 0.533. The summed E-state index contributed by atoms with van der Waals surface area (Å²) in [5, 5.41) is 8.61. The Labute approximate surface area is 119 Å². The van der Waals surface area contributed by atoms with E-state index in [0.717, 1.165) is 31.8 Å². The maximum absolute atomic E-state index is 10.5. The van der Waals surface area contributed by atoms with Gasteiger partial charge in [-0.25, -0.2) is 4.79 Å². The minimum absolute atomic E-state index is 0.219. The predicted octanol–water partition coefficient (Wildman–Crippen LogP) is 1.41. The zero-order valence-corrected chi connectivity index (χ0v) is 12.0. The van der Waals surface area contributed by atoms with Gasteiger partial charge < -0.3 is 14.6 Å². The first kappa shape index (κ1) is 14.8. The summed E-state index contributed by atoms with van der Waals surface area (Å²) in [6.45, 7) is 4.27. The molecule has 0 bridgehead atoms. The predicted molar refractivity (Wildman–Crippen MR) is 75.1 cm³/mol. The molecule has 1 saturated heterocycles. The third-order valence-corrected chi connectivity index (χ3v) is 3.54. The number of likely N-dealkylation sites (tertiary alicyclic amines) is 1. The Morgan fingerprint density at radius 3 is 2.55 bits per heavy atom. The number of methoxy groups -OCH3 is 1. The lowest BCUT2D eigenvalue weighted by Gasteiger charge is -2.47. The van der Waals surface area contributed by atoms with Crippen LogP contribution in [0.2, 0.25) is 0 Å². The fourth-order valence-electron chi connectivity index (χ4n) is 2.46.